The molecule has 2 nitrogen and oxygen atoms in total. The smallest absolute Gasteiger partial charge is 0.0991 e. The summed E-state index contributed by atoms with van der Waals surface area (Å²) in [7, 11) is 0. The van der Waals surface area contributed by atoms with Crippen LogP contribution in [0.2, 0.25) is 0 Å². The summed E-state index contributed by atoms with van der Waals surface area (Å²) < 4.78 is 2.21. The molecule has 0 N–H and O–H groups in total. The van der Waals surface area contributed by atoms with Crippen LogP contribution in [-0.2, 0) is 0 Å². The van der Waals surface area contributed by atoms with E-state index in [2.05, 4.69) is 61.6 Å². The minimum Gasteiger partial charge on any atom is -0.306 e. The molecule has 0 saturated heterocycles. The van der Waals surface area contributed by atoms with E-state index >= 15 is 0 Å². The predicted octanol–water partition coefficient (Wildman–Crippen LogP) is 5.68. The highest BCUT2D eigenvalue weighted by atomic mass is 15.0. The SMILES string of the molecule is CCC(CC)c1cccc(C(CC)CC)c1-n1ccnc1. The van der Waals surface area contributed by atoms with Gasteiger partial charge in [-0.05, 0) is 48.6 Å². The van der Waals surface area contributed by atoms with E-state index in [0.717, 1.165) is 0 Å². The van der Waals surface area contributed by atoms with E-state index in [-0.39, 0.29) is 0 Å². The fraction of sp³-hybridized carbons (Fsp3) is 0.526. The van der Waals surface area contributed by atoms with Gasteiger partial charge in [-0.3, -0.25) is 0 Å². The first-order chi connectivity index (χ1) is 10.3. The number of benzene rings is 1. The van der Waals surface area contributed by atoms with E-state index in [1.165, 1.54) is 42.5 Å². The zero-order valence-electron chi connectivity index (χ0n) is 13.8. The molecule has 0 aliphatic carbocycles. The minimum absolute atomic E-state index is 0.622. The molecular weight excluding hydrogens is 256 g/mol. The lowest BCUT2D eigenvalue weighted by molar-refractivity contribution is 0.617. The molecule has 2 aromatic rings. The highest BCUT2D eigenvalue weighted by Crippen LogP contribution is 2.36. The Hall–Kier alpha value is -1.57. The molecule has 2 heteroatoms. The van der Waals surface area contributed by atoms with Crippen LogP contribution in [0.25, 0.3) is 5.69 Å². The van der Waals surface area contributed by atoms with Gasteiger partial charge in [-0.2, -0.15) is 0 Å². The molecule has 0 amide bonds. The highest BCUT2D eigenvalue weighted by molar-refractivity contribution is 5.51. The van der Waals surface area contributed by atoms with Gasteiger partial charge in [0, 0.05) is 12.4 Å². The Balaban J connectivity index is 2.63. The van der Waals surface area contributed by atoms with Gasteiger partial charge in [0.15, 0.2) is 0 Å². The lowest BCUT2D eigenvalue weighted by Crippen LogP contribution is -2.09. The normalized spacial score (nSPS) is 11.5. The van der Waals surface area contributed by atoms with Crippen molar-refractivity contribution in [2.75, 3.05) is 0 Å². The molecule has 1 aromatic heterocycles. The topological polar surface area (TPSA) is 17.8 Å². The van der Waals surface area contributed by atoms with Crippen molar-refractivity contribution in [2.24, 2.45) is 0 Å². The van der Waals surface area contributed by atoms with Gasteiger partial charge in [0.2, 0.25) is 0 Å². The van der Waals surface area contributed by atoms with Crippen LogP contribution < -0.4 is 0 Å². The highest BCUT2D eigenvalue weighted by Gasteiger charge is 2.19. The summed E-state index contributed by atoms with van der Waals surface area (Å²) in [6.45, 7) is 9.15. The number of hydrogen-bond acceptors (Lipinski definition) is 1. The maximum Gasteiger partial charge on any atom is 0.0991 e. The largest absolute Gasteiger partial charge is 0.306 e. The third kappa shape index (κ3) is 3.20. The van der Waals surface area contributed by atoms with E-state index < -0.39 is 0 Å². The van der Waals surface area contributed by atoms with Gasteiger partial charge in [0.25, 0.3) is 0 Å². The maximum atomic E-state index is 4.27. The molecule has 0 radical (unpaired) electrons. The standard InChI is InChI=1S/C19H28N2/c1-5-15(6-2)17-10-9-11-18(16(7-3)8-4)19(17)21-13-12-20-14-21/h9-16H,5-8H2,1-4H3. The first-order valence-electron chi connectivity index (χ1n) is 8.37. The van der Waals surface area contributed by atoms with Gasteiger partial charge >= 0.3 is 0 Å². The second-order valence-electron chi connectivity index (χ2n) is 5.78. The molecule has 0 saturated carbocycles. The van der Waals surface area contributed by atoms with E-state index in [4.69, 9.17) is 0 Å². The Morgan fingerprint density at radius 2 is 1.43 bits per heavy atom. The predicted molar refractivity (Wildman–Crippen MR) is 90.2 cm³/mol. The fourth-order valence-corrected chi connectivity index (χ4v) is 3.39. The third-order valence-electron chi connectivity index (χ3n) is 4.71. The first kappa shape index (κ1) is 15.8. The minimum atomic E-state index is 0.622. The van der Waals surface area contributed by atoms with E-state index in [1.807, 2.05) is 12.5 Å². The van der Waals surface area contributed by atoms with E-state index in [0.29, 0.717) is 11.8 Å². The average molecular weight is 284 g/mol. The Morgan fingerprint density at radius 1 is 0.905 bits per heavy atom. The summed E-state index contributed by atoms with van der Waals surface area (Å²) in [5.74, 6) is 1.24. The molecule has 0 bridgehead atoms. The van der Waals surface area contributed by atoms with Crippen molar-refractivity contribution in [3.05, 3.63) is 48.0 Å². The molecule has 0 aliphatic heterocycles. The molecule has 1 heterocycles. The third-order valence-corrected chi connectivity index (χ3v) is 4.71. The lowest BCUT2D eigenvalue weighted by atomic mass is 9.85. The fourth-order valence-electron chi connectivity index (χ4n) is 3.39. The van der Waals surface area contributed by atoms with Crippen LogP contribution in [0.1, 0.15) is 76.3 Å². The summed E-state index contributed by atoms with van der Waals surface area (Å²) in [4.78, 5) is 4.27. The van der Waals surface area contributed by atoms with Crippen LogP contribution >= 0.6 is 0 Å². The van der Waals surface area contributed by atoms with E-state index in [1.54, 1.807) is 0 Å². The summed E-state index contributed by atoms with van der Waals surface area (Å²) in [5.41, 5.74) is 4.32. The van der Waals surface area contributed by atoms with Crippen LogP contribution in [0.5, 0.6) is 0 Å². The summed E-state index contributed by atoms with van der Waals surface area (Å²) in [5, 5.41) is 0. The zero-order valence-corrected chi connectivity index (χ0v) is 13.8. The maximum absolute atomic E-state index is 4.27. The number of para-hydroxylation sites is 1. The van der Waals surface area contributed by atoms with Crippen LogP contribution in [-0.4, -0.2) is 9.55 Å². The molecule has 0 spiro atoms. The number of aromatic nitrogens is 2. The second kappa shape index (κ2) is 7.44. The average Bonchev–Trinajstić information content (AvgIpc) is 3.04. The number of imidazole rings is 1. The zero-order chi connectivity index (χ0) is 15.2. The molecule has 1 aromatic carbocycles. The Kier molecular flexibility index (Phi) is 5.60. The monoisotopic (exact) mass is 284 g/mol. The molecule has 0 atom stereocenters. The molecule has 0 aliphatic rings. The lowest BCUT2D eigenvalue weighted by Gasteiger charge is -2.24. The van der Waals surface area contributed by atoms with Gasteiger partial charge in [0.05, 0.1) is 12.0 Å². The molecule has 114 valence electrons. The van der Waals surface area contributed by atoms with Crippen molar-refractivity contribution in [2.45, 2.75) is 65.2 Å². The van der Waals surface area contributed by atoms with Crippen LogP contribution in [0.4, 0.5) is 0 Å². The van der Waals surface area contributed by atoms with Crippen molar-refractivity contribution in [3.63, 3.8) is 0 Å². The van der Waals surface area contributed by atoms with E-state index in [9.17, 15) is 0 Å². The Bertz CT molecular complexity index is 504. The van der Waals surface area contributed by atoms with Crippen molar-refractivity contribution < 1.29 is 0 Å². The van der Waals surface area contributed by atoms with Crippen LogP contribution in [0, 0.1) is 0 Å². The van der Waals surface area contributed by atoms with Crippen molar-refractivity contribution in [1.29, 1.82) is 0 Å². The Labute approximate surface area is 129 Å². The number of nitrogens with zero attached hydrogens (tertiary/aromatic N) is 2. The summed E-state index contributed by atoms with van der Waals surface area (Å²) >= 11 is 0. The molecule has 21 heavy (non-hydrogen) atoms. The number of hydrogen-bond donors (Lipinski definition) is 0. The quantitative estimate of drug-likeness (QED) is 0.639. The summed E-state index contributed by atoms with van der Waals surface area (Å²) in [6, 6.07) is 6.85. The van der Waals surface area contributed by atoms with Crippen molar-refractivity contribution in [1.82, 2.24) is 9.55 Å². The first-order valence-corrected chi connectivity index (χ1v) is 8.37. The van der Waals surface area contributed by atoms with Gasteiger partial charge in [-0.1, -0.05) is 45.9 Å². The molecule has 0 unspecified atom stereocenters. The van der Waals surface area contributed by atoms with Gasteiger partial charge in [0.1, 0.15) is 0 Å². The van der Waals surface area contributed by atoms with Crippen LogP contribution in [0.15, 0.2) is 36.9 Å². The van der Waals surface area contributed by atoms with Gasteiger partial charge < -0.3 is 4.57 Å². The van der Waals surface area contributed by atoms with Gasteiger partial charge in [-0.15, -0.1) is 0 Å². The molecule has 2 rings (SSSR count). The van der Waals surface area contributed by atoms with Crippen molar-refractivity contribution in [3.8, 4) is 5.69 Å². The molecular formula is C19H28N2. The number of rotatable bonds is 7. The van der Waals surface area contributed by atoms with Crippen LogP contribution in [0.3, 0.4) is 0 Å². The molecule has 0 fully saturated rings. The van der Waals surface area contributed by atoms with Gasteiger partial charge in [-0.25, -0.2) is 4.98 Å². The van der Waals surface area contributed by atoms with Crippen molar-refractivity contribution >= 4 is 0 Å². The summed E-state index contributed by atoms with van der Waals surface area (Å²) in [6.07, 6.45) is 10.6. The second-order valence-corrected chi connectivity index (χ2v) is 5.78. The Morgan fingerprint density at radius 3 is 1.81 bits per heavy atom.